The zero-order chi connectivity index (χ0) is 12.4. The van der Waals surface area contributed by atoms with Crippen molar-refractivity contribution >= 4 is 16.7 Å². The van der Waals surface area contributed by atoms with Gasteiger partial charge in [-0.05, 0) is 30.5 Å². The number of carbonyl (C=O) groups excluding carboxylic acids is 1. The first kappa shape index (κ1) is 11.4. The van der Waals surface area contributed by atoms with Crippen molar-refractivity contribution in [2.24, 2.45) is 0 Å². The van der Waals surface area contributed by atoms with E-state index in [9.17, 15) is 9.59 Å². The third kappa shape index (κ3) is 2.36. The molecule has 0 amide bonds. The number of hydrogen-bond donors (Lipinski definition) is 1. The van der Waals surface area contributed by atoms with Crippen molar-refractivity contribution in [3.8, 4) is 5.75 Å². The molecule has 1 heterocycles. The quantitative estimate of drug-likeness (QED) is 0.874. The van der Waals surface area contributed by atoms with Crippen LogP contribution in [-0.4, -0.2) is 17.9 Å². The van der Waals surface area contributed by atoms with Crippen LogP contribution in [0.15, 0.2) is 29.1 Å². The number of nitrogens with one attached hydrogen (secondary N) is 1. The zero-order valence-corrected chi connectivity index (χ0v) is 9.74. The molecule has 1 N–H and O–H groups in total. The van der Waals surface area contributed by atoms with Crippen molar-refractivity contribution < 1.29 is 9.53 Å². The number of H-pyrrole nitrogens is 1. The number of aromatic nitrogens is 1. The van der Waals surface area contributed by atoms with Crippen LogP contribution in [0.25, 0.3) is 10.9 Å². The Labute approximate surface area is 98.2 Å². The molecule has 1 aromatic heterocycles. The maximum Gasteiger partial charge on any atom is 0.252 e. The third-order valence-electron chi connectivity index (χ3n) is 2.57. The lowest BCUT2D eigenvalue weighted by Crippen LogP contribution is -2.14. The van der Waals surface area contributed by atoms with Crippen LogP contribution in [0.3, 0.4) is 0 Å². The molecule has 0 saturated carbocycles. The van der Waals surface area contributed by atoms with E-state index in [-0.39, 0.29) is 17.8 Å². The Kier molecular flexibility index (Phi) is 2.95. The molecule has 0 spiro atoms. The first-order valence-electron chi connectivity index (χ1n) is 5.29. The second-order valence-electron chi connectivity index (χ2n) is 3.96. The summed E-state index contributed by atoms with van der Waals surface area (Å²) in [6, 6.07) is 7.18. The van der Waals surface area contributed by atoms with Gasteiger partial charge in [-0.25, -0.2) is 0 Å². The minimum Gasteiger partial charge on any atom is -0.497 e. The molecule has 0 fully saturated rings. The Bertz CT molecular complexity index is 628. The molecule has 0 aliphatic heterocycles. The summed E-state index contributed by atoms with van der Waals surface area (Å²) in [6.45, 7) is 1.47. The van der Waals surface area contributed by atoms with Crippen LogP contribution in [0.4, 0.5) is 0 Å². The second kappa shape index (κ2) is 4.41. The van der Waals surface area contributed by atoms with E-state index in [1.807, 2.05) is 12.1 Å². The topological polar surface area (TPSA) is 59.2 Å². The highest BCUT2D eigenvalue weighted by atomic mass is 16.5. The lowest BCUT2D eigenvalue weighted by Gasteiger charge is -2.04. The highest BCUT2D eigenvalue weighted by molar-refractivity contribution is 5.83. The third-order valence-corrected chi connectivity index (χ3v) is 2.57. The molecule has 4 nitrogen and oxygen atoms in total. The molecule has 1 aromatic carbocycles. The molecule has 0 bridgehead atoms. The van der Waals surface area contributed by atoms with Crippen molar-refractivity contribution in [2.45, 2.75) is 13.3 Å². The molecule has 0 unspecified atom stereocenters. The van der Waals surface area contributed by atoms with E-state index >= 15 is 0 Å². The fraction of sp³-hybridized carbons (Fsp3) is 0.231. The Morgan fingerprint density at radius 3 is 2.76 bits per heavy atom. The summed E-state index contributed by atoms with van der Waals surface area (Å²) in [5, 5.41) is 0.890. The summed E-state index contributed by atoms with van der Waals surface area (Å²) in [6.07, 6.45) is 0.164. The van der Waals surface area contributed by atoms with Gasteiger partial charge in [0, 0.05) is 18.1 Å². The molecule has 2 aromatic rings. The number of carbonyl (C=O) groups is 1. The van der Waals surface area contributed by atoms with Crippen LogP contribution in [-0.2, 0) is 11.2 Å². The summed E-state index contributed by atoms with van der Waals surface area (Å²) in [5.74, 6) is 0.663. The van der Waals surface area contributed by atoms with E-state index in [1.54, 1.807) is 19.2 Å². The molecule has 88 valence electrons. The molecule has 4 heteroatoms. The van der Waals surface area contributed by atoms with Crippen LogP contribution in [0, 0.1) is 0 Å². The SMILES string of the molecule is COc1ccc2cc(CC(C)=O)c(=O)[nH]c2c1. The molecule has 17 heavy (non-hydrogen) atoms. The van der Waals surface area contributed by atoms with Gasteiger partial charge < -0.3 is 9.72 Å². The van der Waals surface area contributed by atoms with Gasteiger partial charge in [0.05, 0.1) is 12.6 Å². The van der Waals surface area contributed by atoms with Crippen LogP contribution in [0.5, 0.6) is 5.75 Å². The van der Waals surface area contributed by atoms with Crippen molar-refractivity contribution in [1.82, 2.24) is 4.98 Å². The number of hydrogen-bond acceptors (Lipinski definition) is 3. The minimum atomic E-state index is -0.221. The number of ether oxygens (including phenoxy) is 1. The van der Waals surface area contributed by atoms with Gasteiger partial charge in [-0.1, -0.05) is 0 Å². The number of pyridine rings is 1. The fourth-order valence-electron chi connectivity index (χ4n) is 1.75. The minimum absolute atomic E-state index is 0.0247. The first-order valence-corrected chi connectivity index (χ1v) is 5.29. The monoisotopic (exact) mass is 231 g/mol. The number of aromatic amines is 1. The Balaban J connectivity index is 2.58. The first-order chi connectivity index (χ1) is 8.10. The van der Waals surface area contributed by atoms with Crippen molar-refractivity contribution in [2.75, 3.05) is 7.11 Å². The van der Waals surface area contributed by atoms with Crippen molar-refractivity contribution in [3.05, 3.63) is 40.2 Å². The van der Waals surface area contributed by atoms with E-state index in [4.69, 9.17) is 4.74 Å². The maximum atomic E-state index is 11.7. The van der Waals surface area contributed by atoms with Gasteiger partial charge in [-0.3, -0.25) is 9.59 Å². The highest BCUT2D eigenvalue weighted by Crippen LogP contribution is 2.18. The van der Waals surface area contributed by atoms with Gasteiger partial charge in [-0.2, -0.15) is 0 Å². The summed E-state index contributed by atoms with van der Waals surface area (Å²) < 4.78 is 5.08. The van der Waals surface area contributed by atoms with Crippen LogP contribution < -0.4 is 10.3 Å². The number of benzene rings is 1. The van der Waals surface area contributed by atoms with E-state index in [1.165, 1.54) is 6.92 Å². The van der Waals surface area contributed by atoms with E-state index in [0.29, 0.717) is 16.8 Å². The molecule has 0 aliphatic rings. The molecule has 0 aliphatic carbocycles. The summed E-state index contributed by atoms with van der Waals surface area (Å²) in [7, 11) is 1.57. The molecular formula is C13H13NO3. The Morgan fingerprint density at radius 2 is 2.12 bits per heavy atom. The van der Waals surface area contributed by atoms with E-state index in [0.717, 1.165) is 5.39 Å². The summed E-state index contributed by atoms with van der Waals surface area (Å²) in [5.41, 5.74) is 0.984. The van der Waals surface area contributed by atoms with Crippen LogP contribution in [0.1, 0.15) is 12.5 Å². The number of Topliss-reactive ketones (excluding diaryl/α,β-unsaturated/α-hetero) is 1. The standard InChI is InChI=1S/C13H13NO3/c1-8(15)5-10-6-9-3-4-11(17-2)7-12(9)14-13(10)16/h3-4,6-7H,5H2,1-2H3,(H,14,16). The largest absolute Gasteiger partial charge is 0.497 e. The number of ketones is 1. The van der Waals surface area contributed by atoms with Gasteiger partial charge in [0.25, 0.3) is 5.56 Å². The second-order valence-corrected chi connectivity index (χ2v) is 3.96. The smallest absolute Gasteiger partial charge is 0.252 e. The van der Waals surface area contributed by atoms with Gasteiger partial charge in [0.1, 0.15) is 11.5 Å². The lowest BCUT2D eigenvalue weighted by molar-refractivity contribution is -0.116. The molecular weight excluding hydrogens is 218 g/mol. The molecule has 0 radical (unpaired) electrons. The highest BCUT2D eigenvalue weighted by Gasteiger charge is 2.06. The van der Waals surface area contributed by atoms with Gasteiger partial charge in [0.2, 0.25) is 0 Å². The fourth-order valence-corrected chi connectivity index (χ4v) is 1.75. The predicted octanol–water partition coefficient (Wildman–Crippen LogP) is 1.67. The lowest BCUT2D eigenvalue weighted by atomic mass is 10.1. The zero-order valence-electron chi connectivity index (χ0n) is 9.74. The molecule has 2 rings (SSSR count). The molecule has 0 atom stereocenters. The van der Waals surface area contributed by atoms with Crippen molar-refractivity contribution in [1.29, 1.82) is 0 Å². The predicted molar refractivity (Wildman–Crippen MR) is 65.5 cm³/mol. The summed E-state index contributed by atoms with van der Waals surface area (Å²) >= 11 is 0. The van der Waals surface area contributed by atoms with E-state index < -0.39 is 0 Å². The van der Waals surface area contributed by atoms with Crippen LogP contribution in [0.2, 0.25) is 0 Å². The Morgan fingerprint density at radius 1 is 1.35 bits per heavy atom. The number of fused-ring (bicyclic) bond motifs is 1. The van der Waals surface area contributed by atoms with Gasteiger partial charge in [-0.15, -0.1) is 0 Å². The number of rotatable bonds is 3. The summed E-state index contributed by atoms with van der Waals surface area (Å²) in [4.78, 5) is 25.5. The Hall–Kier alpha value is -2.10. The van der Waals surface area contributed by atoms with Crippen LogP contribution >= 0.6 is 0 Å². The average Bonchev–Trinajstić information content (AvgIpc) is 2.29. The van der Waals surface area contributed by atoms with Gasteiger partial charge >= 0.3 is 0 Å². The average molecular weight is 231 g/mol. The van der Waals surface area contributed by atoms with Crippen molar-refractivity contribution in [3.63, 3.8) is 0 Å². The number of methoxy groups -OCH3 is 1. The normalized spacial score (nSPS) is 10.5. The maximum absolute atomic E-state index is 11.7. The molecule has 0 saturated heterocycles. The van der Waals surface area contributed by atoms with E-state index in [2.05, 4.69) is 4.98 Å². The van der Waals surface area contributed by atoms with Gasteiger partial charge in [0.15, 0.2) is 0 Å².